The van der Waals surface area contributed by atoms with Crippen LogP contribution in [0.2, 0.25) is 0 Å². The molecule has 0 spiro atoms. The molecule has 3 nitrogen and oxygen atoms in total. The van der Waals surface area contributed by atoms with E-state index < -0.39 is 0 Å². The lowest BCUT2D eigenvalue weighted by atomic mass is 9.99. The standard InChI is InChI=1S/C44H29N3S/c1-3-14-28(15-4-1)36-27-37(29-16-5-2-6-17-29)46-44(45-36)30-18-13-19-31(26-30)47-38-24-11-9-22-34(38)40-41-35-23-10-12-25-39(35)48-43(41)33-21-8-7-20-32(33)42(40)47/h1-27,36H,(H,45,46)/p+1. The van der Waals surface area contributed by atoms with Crippen molar-refractivity contribution in [2.24, 2.45) is 4.99 Å². The van der Waals surface area contributed by atoms with Crippen LogP contribution in [0.4, 0.5) is 0 Å². The lowest BCUT2D eigenvalue weighted by Crippen LogP contribution is -2.89. The molecule has 226 valence electrons. The van der Waals surface area contributed by atoms with Crippen LogP contribution in [0.5, 0.6) is 0 Å². The number of aromatic nitrogens is 1. The SMILES string of the molecule is C1=C(c2ccccc2)N=C(c2cccc(-n3c4ccccc4c4c5c6ccccc6sc5c5ccccc5c43)c2)[NH2+]C1c1ccccc1. The first-order valence-corrected chi connectivity index (χ1v) is 17.3. The van der Waals surface area contributed by atoms with Crippen LogP contribution in [0.1, 0.15) is 22.7 Å². The van der Waals surface area contributed by atoms with Gasteiger partial charge in [0.15, 0.2) is 0 Å². The number of nitrogens with two attached hydrogens (primary N) is 1. The quantitative estimate of drug-likeness (QED) is 0.200. The Hall–Kier alpha value is -5.81. The van der Waals surface area contributed by atoms with E-state index in [0.717, 1.165) is 28.3 Å². The van der Waals surface area contributed by atoms with E-state index in [4.69, 9.17) is 4.99 Å². The summed E-state index contributed by atoms with van der Waals surface area (Å²) in [5.41, 5.74) is 8.08. The largest absolute Gasteiger partial charge is 0.309 e. The van der Waals surface area contributed by atoms with Crippen LogP contribution in [0.25, 0.3) is 64.1 Å². The Balaban J connectivity index is 1.23. The highest BCUT2D eigenvalue weighted by molar-refractivity contribution is 7.27. The van der Waals surface area contributed by atoms with Crippen LogP contribution in [0, 0.1) is 0 Å². The summed E-state index contributed by atoms with van der Waals surface area (Å²) in [6.45, 7) is 0. The van der Waals surface area contributed by atoms with Gasteiger partial charge < -0.3 is 4.57 Å². The van der Waals surface area contributed by atoms with Crippen molar-refractivity contribution in [3.8, 4) is 5.69 Å². The van der Waals surface area contributed by atoms with E-state index in [1.807, 2.05) is 11.3 Å². The van der Waals surface area contributed by atoms with E-state index in [9.17, 15) is 0 Å². The zero-order valence-corrected chi connectivity index (χ0v) is 26.9. The number of hydrogen-bond acceptors (Lipinski definition) is 2. The highest BCUT2D eigenvalue weighted by Crippen LogP contribution is 2.47. The minimum absolute atomic E-state index is 0.120. The van der Waals surface area contributed by atoms with Gasteiger partial charge in [0.1, 0.15) is 6.04 Å². The van der Waals surface area contributed by atoms with Crippen LogP contribution in [-0.4, -0.2) is 10.4 Å². The van der Waals surface area contributed by atoms with Gasteiger partial charge in [-0.2, -0.15) is 4.99 Å². The van der Waals surface area contributed by atoms with Crippen LogP contribution in [-0.2, 0) is 0 Å². The molecule has 1 unspecified atom stereocenters. The molecular formula is C44H30N3S+. The van der Waals surface area contributed by atoms with Gasteiger partial charge in [0, 0.05) is 64.6 Å². The Morgan fingerprint density at radius 1 is 0.562 bits per heavy atom. The second-order valence-corrected chi connectivity index (χ2v) is 13.5. The Labute approximate surface area is 281 Å². The predicted octanol–water partition coefficient (Wildman–Crippen LogP) is 10.4. The van der Waals surface area contributed by atoms with Gasteiger partial charge in [-0.3, -0.25) is 5.32 Å². The number of rotatable bonds is 4. The molecule has 0 aliphatic carbocycles. The topological polar surface area (TPSA) is 33.9 Å². The molecule has 2 N–H and O–H groups in total. The Morgan fingerprint density at radius 2 is 1.23 bits per heavy atom. The minimum atomic E-state index is 0.120. The molecule has 0 fully saturated rings. The maximum atomic E-state index is 5.28. The highest BCUT2D eigenvalue weighted by Gasteiger charge is 2.26. The highest BCUT2D eigenvalue weighted by atomic mass is 32.1. The molecule has 48 heavy (non-hydrogen) atoms. The molecule has 1 aliphatic rings. The van der Waals surface area contributed by atoms with E-state index in [1.54, 1.807) is 0 Å². The van der Waals surface area contributed by atoms with E-state index in [-0.39, 0.29) is 6.04 Å². The van der Waals surface area contributed by atoms with Crippen molar-refractivity contribution in [3.05, 3.63) is 180 Å². The van der Waals surface area contributed by atoms with Crippen molar-refractivity contribution < 1.29 is 5.32 Å². The van der Waals surface area contributed by atoms with Gasteiger partial charge in [0.05, 0.1) is 22.3 Å². The number of nitrogens with zero attached hydrogens (tertiary/aromatic N) is 2. The normalized spacial score (nSPS) is 15.0. The van der Waals surface area contributed by atoms with Crippen molar-refractivity contribution >= 4 is 75.6 Å². The summed E-state index contributed by atoms with van der Waals surface area (Å²) in [5.74, 6) is 0.990. The minimum Gasteiger partial charge on any atom is -0.309 e. The van der Waals surface area contributed by atoms with Crippen molar-refractivity contribution in [2.45, 2.75) is 6.04 Å². The van der Waals surface area contributed by atoms with Gasteiger partial charge >= 0.3 is 0 Å². The van der Waals surface area contributed by atoms with Crippen molar-refractivity contribution in [1.29, 1.82) is 0 Å². The number of amidine groups is 1. The first kappa shape index (κ1) is 27.3. The summed E-state index contributed by atoms with van der Waals surface area (Å²) in [7, 11) is 0. The Bertz CT molecular complexity index is 2750. The molecule has 0 amide bonds. The third kappa shape index (κ3) is 4.20. The number of aliphatic imine (C=N–C) groups is 1. The molecule has 0 bridgehead atoms. The Morgan fingerprint density at radius 3 is 2.06 bits per heavy atom. The molecule has 3 heterocycles. The molecule has 4 heteroatoms. The van der Waals surface area contributed by atoms with Gasteiger partial charge in [-0.05, 0) is 30.3 Å². The van der Waals surface area contributed by atoms with Gasteiger partial charge in [-0.25, -0.2) is 0 Å². The first-order chi connectivity index (χ1) is 23.8. The number of para-hydroxylation sites is 1. The molecule has 1 aliphatic heterocycles. The fraction of sp³-hybridized carbons (Fsp3) is 0.0227. The third-order valence-electron chi connectivity index (χ3n) is 9.72. The van der Waals surface area contributed by atoms with Crippen molar-refractivity contribution in [2.75, 3.05) is 0 Å². The molecule has 0 radical (unpaired) electrons. The number of thiophene rings is 1. The number of quaternary nitrogens is 1. The van der Waals surface area contributed by atoms with Crippen LogP contribution >= 0.6 is 11.3 Å². The summed E-state index contributed by atoms with van der Waals surface area (Å²) in [6, 6.07) is 57.0. The van der Waals surface area contributed by atoms with Gasteiger partial charge in [-0.15, -0.1) is 11.3 Å². The van der Waals surface area contributed by atoms with Crippen LogP contribution in [0.15, 0.2) is 169 Å². The van der Waals surface area contributed by atoms with Crippen LogP contribution < -0.4 is 5.32 Å². The summed E-state index contributed by atoms with van der Waals surface area (Å²) in [5, 5.41) is 10.2. The summed E-state index contributed by atoms with van der Waals surface area (Å²) in [6.07, 6.45) is 2.29. The molecule has 2 aromatic heterocycles. The van der Waals surface area contributed by atoms with E-state index in [1.165, 1.54) is 58.3 Å². The van der Waals surface area contributed by atoms with E-state index in [0.29, 0.717) is 0 Å². The number of benzene rings is 7. The lowest BCUT2D eigenvalue weighted by Gasteiger charge is -2.20. The molecular weight excluding hydrogens is 603 g/mol. The van der Waals surface area contributed by atoms with Crippen LogP contribution in [0.3, 0.4) is 0 Å². The maximum absolute atomic E-state index is 5.28. The zero-order valence-electron chi connectivity index (χ0n) is 26.0. The summed E-state index contributed by atoms with van der Waals surface area (Å²) >= 11 is 1.90. The predicted molar refractivity (Wildman–Crippen MR) is 203 cm³/mol. The van der Waals surface area contributed by atoms with Gasteiger partial charge in [-0.1, -0.05) is 127 Å². The smallest absolute Gasteiger partial charge is 0.232 e. The second-order valence-electron chi connectivity index (χ2n) is 12.5. The summed E-state index contributed by atoms with van der Waals surface area (Å²) in [4.78, 5) is 5.28. The third-order valence-corrected chi connectivity index (χ3v) is 10.9. The first-order valence-electron chi connectivity index (χ1n) is 16.4. The number of fused-ring (bicyclic) bond motifs is 10. The van der Waals surface area contributed by atoms with E-state index >= 15 is 0 Å². The maximum Gasteiger partial charge on any atom is 0.232 e. The zero-order chi connectivity index (χ0) is 31.6. The molecule has 0 saturated heterocycles. The van der Waals surface area contributed by atoms with Gasteiger partial charge in [0.2, 0.25) is 5.84 Å². The summed E-state index contributed by atoms with van der Waals surface area (Å²) < 4.78 is 5.16. The number of hydrogen-bond donors (Lipinski definition) is 1. The monoisotopic (exact) mass is 632 g/mol. The molecule has 10 rings (SSSR count). The van der Waals surface area contributed by atoms with Crippen molar-refractivity contribution in [3.63, 3.8) is 0 Å². The average Bonchev–Trinajstić information content (AvgIpc) is 3.72. The lowest BCUT2D eigenvalue weighted by molar-refractivity contribution is -0.575. The van der Waals surface area contributed by atoms with Crippen molar-refractivity contribution in [1.82, 2.24) is 4.57 Å². The molecule has 1 atom stereocenters. The average molecular weight is 633 g/mol. The molecule has 9 aromatic rings. The second kappa shape index (κ2) is 10.9. The fourth-order valence-electron chi connectivity index (χ4n) is 7.58. The Kier molecular flexibility index (Phi) is 6.19. The molecule has 7 aromatic carbocycles. The van der Waals surface area contributed by atoms with Gasteiger partial charge in [0.25, 0.3) is 0 Å². The molecule has 0 saturated carbocycles. The van der Waals surface area contributed by atoms with E-state index in [2.05, 4.69) is 174 Å². The fourth-order valence-corrected chi connectivity index (χ4v) is 8.83.